The maximum Gasteiger partial charge on any atom is 0.492 e. The van der Waals surface area contributed by atoms with Gasteiger partial charge < -0.3 is 19.6 Å². The third kappa shape index (κ3) is 7.38. The summed E-state index contributed by atoms with van der Waals surface area (Å²) in [5.74, 6) is -2.52. The molecule has 45 heavy (non-hydrogen) atoms. The van der Waals surface area contributed by atoms with Crippen molar-refractivity contribution in [2.45, 2.75) is 36.4 Å². The zero-order valence-corrected chi connectivity index (χ0v) is 25.6. The monoisotopic (exact) mass is 667 g/mol. The van der Waals surface area contributed by atoms with Gasteiger partial charge in [-0.1, -0.05) is 30.3 Å². The standard InChI is InChI=1S/C28H28F3N5O7S2/c1-17-6-11-23(44-17)45(39,40)34-25-24-20(4-3-5-22(24)41-2)35(33-25)15-19-9-7-18(8-10-19)14-32-26(37)21-16-42-13-12-36(21)43-27(38)28(29,30)31/h3-11,21H,12-16H2,1-2H3,(H,32,37)(H,33,34)/t21-/m1/s1. The molecule has 5 rings (SSSR count). The van der Waals surface area contributed by atoms with Gasteiger partial charge in [0, 0.05) is 11.4 Å². The second kappa shape index (κ2) is 13.0. The van der Waals surface area contributed by atoms with Crippen LogP contribution in [0.1, 0.15) is 16.0 Å². The topological polar surface area (TPSA) is 141 Å². The Morgan fingerprint density at radius 1 is 1.11 bits per heavy atom. The summed E-state index contributed by atoms with van der Waals surface area (Å²) >= 11 is 1.15. The first kappa shape index (κ1) is 32.2. The van der Waals surface area contributed by atoms with E-state index in [9.17, 15) is 31.2 Å². The molecule has 12 nitrogen and oxygen atoms in total. The maximum atomic E-state index is 13.1. The molecule has 1 atom stereocenters. The fourth-order valence-electron chi connectivity index (χ4n) is 4.60. The number of ether oxygens (including phenoxy) is 2. The van der Waals surface area contributed by atoms with Crippen molar-refractivity contribution in [3.05, 3.63) is 70.6 Å². The average molecular weight is 668 g/mol. The number of carbonyl (C=O) groups is 2. The molecule has 4 aromatic rings. The molecule has 1 aliphatic rings. The minimum atomic E-state index is -5.20. The number of sulfonamides is 1. The van der Waals surface area contributed by atoms with Gasteiger partial charge in [-0.3, -0.25) is 14.2 Å². The Bertz CT molecular complexity index is 1810. The number of carbonyl (C=O) groups excluding carboxylic acids is 2. The Hall–Kier alpha value is -4.19. The zero-order valence-electron chi connectivity index (χ0n) is 24.0. The number of rotatable bonds is 10. The first-order valence-electron chi connectivity index (χ1n) is 13.5. The molecule has 2 aromatic heterocycles. The first-order valence-corrected chi connectivity index (χ1v) is 15.8. The van der Waals surface area contributed by atoms with Crippen molar-refractivity contribution in [3.63, 3.8) is 0 Å². The van der Waals surface area contributed by atoms with Crippen molar-refractivity contribution in [2.75, 3.05) is 31.6 Å². The van der Waals surface area contributed by atoms with Crippen LogP contribution in [0.3, 0.4) is 0 Å². The van der Waals surface area contributed by atoms with Gasteiger partial charge in [0.1, 0.15) is 16.0 Å². The van der Waals surface area contributed by atoms with Crippen LogP contribution in [0, 0.1) is 6.92 Å². The molecule has 1 aliphatic heterocycles. The summed E-state index contributed by atoms with van der Waals surface area (Å²) < 4.78 is 79.2. The van der Waals surface area contributed by atoms with Gasteiger partial charge in [-0.25, -0.2) is 13.2 Å². The second-order valence-electron chi connectivity index (χ2n) is 9.97. The fourth-order valence-corrected chi connectivity index (χ4v) is 6.89. The van der Waals surface area contributed by atoms with Crippen LogP contribution in [0.2, 0.25) is 0 Å². The van der Waals surface area contributed by atoms with E-state index in [1.54, 1.807) is 53.2 Å². The maximum absolute atomic E-state index is 13.1. The number of benzene rings is 2. The van der Waals surface area contributed by atoms with Gasteiger partial charge in [-0.15, -0.1) is 16.4 Å². The molecule has 2 aromatic carbocycles. The van der Waals surface area contributed by atoms with Crippen molar-refractivity contribution in [1.29, 1.82) is 0 Å². The summed E-state index contributed by atoms with van der Waals surface area (Å²) in [6, 6.07) is 14.4. The number of thiophene rings is 1. The SMILES string of the molecule is COc1cccc2c1c(NS(=O)(=O)c1ccc(C)s1)nn2Cc1ccc(CNC(=O)[C@H]2COCCN2OC(=O)C(F)(F)F)cc1. The van der Waals surface area contributed by atoms with Crippen LogP contribution in [-0.2, 0) is 42.3 Å². The lowest BCUT2D eigenvalue weighted by atomic mass is 10.1. The van der Waals surface area contributed by atoms with E-state index in [0.717, 1.165) is 21.8 Å². The Kier molecular flexibility index (Phi) is 9.33. The van der Waals surface area contributed by atoms with Crippen LogP contribution in [0.5, 0.6) is 5.75 Å². The number of aromatic nitrogens is 2. The number of fused-ring (bicyclic) bond motifs is 1. The number of halogens is 3. The normalized spacial score (nSPS) is 16.0. The number of nitrogens with one attached hydrogen (secondary N) is 2. The van der Waals surface area contributed by atoms with Crippen molar-refractivity contribution < 1.29 is 45.5 Å². The lowest BCUT2D eigenvalue weighted by Crippen LogP contribution is -2.55. The van der Waals surface area contributed by atoms with Gasteiger partial charge in [-0.05, 0) is 42.3 Å². The van der Waals surface area contributed by atoms with E-state index < -0.39 is 34.1 Å². The van der Waals surface area contributed by atoms with Crippen LogP contribution in [0.25, 0.3) is 10.9 Å². The highest BCUT2D eigenvalue weighted by Crippen LogP contribution is 2.34. The van der Waals surface area contributed by atoms with Gasteiger partial charge in [0.2, 0.25) is 5.91 Å². The van der Waals surface area contributed by atoms with Crippen LogP contribution < -0.4 is 14.8 Å². The number of hydrogen-bond acceptors (Lipinski definition) is 10. The molecule has 2 N–H and O–H groups in total. The number of nitrogens with zero attached hydrogens (tertiary/aromatic N) is 3. The summed E-state index contributed by atoms with van der Waals surface area (Å²) in [5.41, 5.74) is 2.14. The Balaban J connectivity index is 1.28. The molecule has 0 unspecified atom stereocenters. The highest BCUT2D eigenvalue weighted by atomic mass is 32.2. The molecule has 17 heteroatoms. The predicted molar refractivity (Wildman–Crippen MR) is 157 cm³/mol. The van der Waals surface area contributed by atoms with Crippen molar-refractivity contribution in [1.82, 2.24) is 20.2 Å². The van der Waals surface area contributed by atoms with Gasteiger partial charge >= 0.3 is 12.1 Å². The average Bonchev–Trinajstić information content (AvgIpc) is 3.60. The number of amides is 1. The predicted octanol–water partition coefficient (Wildman–Crippen LogP) is 3.60. The Morgan fingerprint density at radius 3 is 2.51 bits per heavy atom. The largest absolute Gasteiger partial charge is 0.496 e. The molecule has 0 bridgehead atoms. The van der Waals surface area contributed by atoms with Gasteiger partial charge in [0.25, 0.3) is 10.0 Å². The first-order chi connectivity index (χ1) is 21.4. The molecule has 0 aliphatic carbocycles. The Morgan fingerprint density at radius 2 is 1.84 bits per heavy atom. The number of hydroxylamine groups is 2. The third-order valence-electron chi connectivity index (χ3n) is 6.81. The van der Waals surface area contributed by atoms with Crippen LogP contribution in [0.15, 0.2) is 58.8 Å². The van der Waals surface area contributed by atoms with E-state index in [4.69, 9.17) is 9.47 Å². The van der Waals surface area contributed by atoms with E-state index in [-0.39, 0.29) is 42.9 Å². The third-order valence-corrected chi connectivity index (χ3v) is 9.64. The fraction of sp³-hybridized carbons (Fsp3) is 0.321. The molecule has 1 saturated heterocycles. The lowest BCUT2D eigenvalue weighted by molar-refractivity contribution is -0.257. The Labute approximate surface area is 259 Å². The molecule has 0 saturated carbocycles. The van der Waals surface area contributed by atoms with Crippen LogP contribution >= 0.6 is 11.3 Å². The molecule has 0 spiro atoms. The molecule has 0 radical (unpaired) electrons. The van der Waals surface area contributed by atoms with Crippen LogP contribution in [-0.4, -0.2) is 74.2 Å². The van der Waals surface area contributed by atoms with Gasteiger partial charge in [0.15, 0.2) is 5.82 Å². The van der Waals surface area contributed by atoms with Crippen LogP contribution in [0.4, 0.5) is 19.0 Å². The summed E-state index contributed by atoms with van der Waals surface area (Å²) in [7, 11) is -2.41. The molecule has 1 fully saturated rings. The van der Waals surface area contributed by atoms with Crippen molar-refractivity contribution in [2.24, 2.45) is 0 Å². The summed E-state index contributed by atoms with van der Waals surface area (Å²) in [5, 5.41) is 8.36. The number of anilines is 1. The molecular weight excluding hydrogens is 639 g/mol. The molecule has 3 heterocycles. The number of hydrogen-bond donors (Lipinski definition) is 2. The van der Waals surface area contributed by atoms with E-state index in [1.807, 2.05) is 6.92 Å². The summed E-state index contributed by atoms with van der Waals surface area (Å²) in [4.78, 5) is 29.2. The zero-order chi connectivity index (χ0) is 32.4. The number of morpholine rings is 1. The smallest absolute Gasteiger partial charge is 0.492 e. The quantitative estimate of drug-likeness (QED) is 0.260. The minimum Gasteiger partial charge on any atom is -0.496 e. The van der Waals surface area contributed by atoms with Gasteiger partial charge in [0.05, 0.1) is 44.3 Å². The summed E-state index contributed by atoms with van der Waals surface area (Å²) in [6.45, 7) is 1.69. The number of aryl methyl sites for hydroxylation is 1. The van der Waals surface area contributed by atoms with E-state index in [1.165, 1.54) is 13.2 Å². The number of methoxy groups -OCH3 is 1. The van der Waals surface area contributed by atoms with Crippen molar-refractivity contribution in [3.8, 4) is 5.75 Å². The second-order valence-corrected chi connectivity index (χ2v) is 13.2. The minimum absolute atomic E-state index is 0.00357. The van der Waals surface area contributed by atoms with E-state index in [0.29, 0.717) is 27.3 Å². The van der Waals surface area contributed by atoms with E-state index in [2.05, 4.69) is 20.0 Å². The lowest BCUT2D eigenvalue weighted by Gasteiger charge is -2.32. The van der Waals surface area contributed by atoms with Gasteiger partial charge in [-0.2, -0.15) is 18.3 Å². The van der Waals surface area contributed by atoms with E-state index >= 15 is 0 Å². The highest BCUT2D eigenvalue weighted by molar-refractivity contribution is 7.94. The molecule has 240 valence electrons. The highest BCUT2D eigenvalue weighted by Gasteiger charge is 2.44. The summed E-state index contributed by atoms with van der Waals surface area (Å²) in [6.07, 6.45) is -5.20. The molecule has 1 amide bonds. The number of alkyl halides is 3. The molecular formula is C28H28F3N5O7S2. The van der Waals surface area contributed by atoms with Crippen molar-refractivity contribution >= 4 is 50.0 Å².